The SMILES string of the molecule is COC1CC(C(=O)Nc2cc3cc(N4CCN(C5(C)COCC5O[Si](c5ccccc5)c5ccc(C(C)(C)C)cc5)CC4)c(Cl)cc3cn2)C1. The summed E-state index contributed by atoms with van der Waals surface area (Å²) in [7, 11) is 0.172. The summed E-state index contributed by atoms with van der Waals surface area (Å²) in [5.41, 5.74) is 2.16. The molecule has 1 aliphatic carbocycles. The molecule has 50 heavy (non-hydrogen) atoms. The third-order valence-corrected chi connectivity index (χ3v) is 13.4. The number of nitrogens with one attached hydrogen (secondary N) is 1. The first-order chi connectivity index (χ1) is 24.0. The van der Waals surface area contributed by atoms with Crippen LogP contribution in [0.5, 0.6) is 0 Å². The van der Waals surface area contributed by atoms with E-state index in [9.17, 15) is 4.79 Å². The Bertz CT molecular complexity index is 1810. The Kier molecular flexibility index (Phi) is 10.1. The highest BCUT2D eigenvalue weighted by Crippen LogP contribution is 2.36. The molecule has 1 aromatic heterocycles. The zero-order valence-electron chi connectivity index (χ0n) is 29.7. The number of aromatic nitrogens is 1. The highest BCUT2D eigenvalue weighted by Gasteiger charge is 2.47. The van der Waals surface area contributed by atoms with Gasteiger partial charge in [0.1, 0.15) is 5.82 Å². The minimum Gasteiger partial charge on any atom is -0.400 e. The Hall–Kier alpha value is -3.31. The maximum atomic E-state index is 12.7. The highest BCUT2D eigenvalue weighted by molar-refractivity contribution is 6.80. The lowest BCUT2D eigenvalue weighted by atomic mass is 9.81. The number of ether oxygens (including phenoxy) is 2. The van der Waals surface area contributed by atoms with Crippen LogP contribution in [0.4, 0.5) is 11.5 Å². The van der Waals surface area contributed by atoms with Crippen molar-refractivity contribution in [3.8, 4) is 0 Å². The van der Waals surface area contributed by atoms with Crippen molar-refractivity contribution in [2.75, 3.05) is 56.7 Å². The molecule has 2 atom stereocenters. The Morgan fingerprint density at radius 2 is 1.68 bits per heavy atom. The minimum absolute atomic E-state index is 0.00221. The lowest BCUT2D eigenvalue weighted by Gasteiger charge is -2.47. The van der Waals surface area contributed by atoms with Crippen LogP contribution in [-0.4, -0.2) is 89.1 Å². The van der Waals surface area contributed by atoms with Gasteiger partial charge in [0.25, 0.3) is 9.04 Å². The normalized spacial score (nSPS) is 24.5. The summed E-state index contributed by atoms with van der Waals surface area (Å²) in [5.74, 6) is 0.526. The van der Waals surface area contributed by atoms with Crippen molar-refractivity contribution < 1.29 is 18.7 Å². The number of piperazine rings is 1. The lowest BCUT2D eigenvalue weighted by Crippen LogP contribution is -2.63. The molecule has 10 heteroatoms. The predicted octanol–water partition coefficient (Wildman–Crippen LogP) is 5.65. The highest BCUT2D eigenvalue weighted by atomic mass is 35.5. The molecule has 2 unspecified atom stereocenters. The number of benzene rings is 3. The average molecular weight is 712 g/mol. The van der Waals surface area contributed by atoms with Gasteiger partial charge in [0.15, 0.2) is 0 Å². The van der Waals surface area contributed by atoms with Crippen LogP contribution in [0.1, 0.15) is 46.1 Å². The second-order valence-corrected chi connectivity index (χ2v) is 17.7. The smallest absolute Gasteiger partial charge is 0.283 e. The number of fused-ring (bicyclic) bond motifs is 1. The number of carbonyl (C=O) groups is 1. The number of anilines is 2. The molecular weight excluding hydrogens is 664 g/mol. The molecule has 1 radical (unpaired) electrons. The van der Waals surface area contributed by atoms with Crippen LogP contribution in [0.15, 0.2) is 79.0 Å². The second-order valence-electron chi connectivity index (χ2n) is 15.2. The molecular formula is C40H48ClN4O4Si. The van der Waals surface area contributed by atoms with E-state index in [4.69, 9.17) is 25.5 Å². The van der Waals surface area contributed by atoms with Gasteiger partial charge in [-0.15, -0.1) is 0 Å². The molecule has 2 aliphatic heterocycles. The number of hydrogen-bond acceptors (Lipinski definition) is 7. The molecule has 3 fully saturated rings. The topological polar surface area (TPSA) is 76.2 Å². The average Bonchev–Trinajstić information content (AvgIpc) is 3.47. The Labute approximate surface area is 302 Å². The number of rotatable bonds is 9. The van der Waals surface area contributed by atoms with Gasteiger partial charge in [0.05, 0.1) is 41.7 Å². The predicted molar refractivity (Wildman–Crippen MR) is 203 cm³/mol. The number of methoxy groups -OCH3 is 1. The van der Waals surface area contributed by atoms with Gasteiger partial charge in [-0.1, -0.05) is 87.0 Å². The summed E-state index contributed by atoms with van der Waals surface area (Å²) >= 11 is 6.88. The first kappa shape index (κ1) is 35.1. The first-order valence-electron chi connectivity index (χ1n) is 17.7. The van der Waals surface area contributed by atoms with Crippen LogP contribution in [0.25, 0.3) is 10.8 Å². The molecule has 2 saturated heterocycles. The fourth-order valence-electron chi connectivity index (χ4n) is 7.38. The van der Waals surface area contributed by atoms with Gasteiger partial charge < -0.3 is 24.1 Å². The monoisotopic (exact) mass is 711 g/mol. The summed E-state index contributed by atoms with van der Waals surface area (Å²) in [6, 6.07) is 25.8. The quantitative estimate of drug-likeness (QED) is 0.225. The number of amides is 1. The van der Waals surface area contributed by atoms with Gasteiger partial charge in [-0.25, -0.2) is 4.98 Å². The standard InChI is InChI=1S/C40H48ClN4O4Si/c1-39(2,3)30-11-13-33(14-12-30)50(32-9-7-6-8-10-32)49-36-25-48-26-40(36,4)45-17-15-44(16-18-45)35-22-27-23-37(42-24-29(27)21-34(35)41)43-38(46)28-19-31(20-28)47-5/h6-14,21-24,28,31,36H,15-20,25-26H2,1-5H3,(H,42,43,46). The van der Waals surface area contributed by atoms with Gasteiger partial charge in [-0.05, 0) is 64.7 Å². The van der Waals surface area contributed by atoms with Crippen molar-refractivity contribution >= 4 is 59.2 Å². The van der Waals surface area contributed by atoms with Crippen molar-refractivity contribution in [2.24, 2.45) is 5.92 Å². The van der Waals surface area contributed by atoms with Crippen LogP contribution in [0.3, 0.4) is 0 Å². The van der Waals surface area contributed by atoms with Crippen molar-refractivity contribution in [2.45, 2.75) is 63.7 Å². The molecule has 0 spiro atoms. The number of halogens is 1. The Morgan fingerprint density at radius 1 is 0.980 bits per heavy atom. The molecule has 0 bridgehead atoms. The molecule has 1 N–H and O–H groups in total. The molecule has 8 nitrogen and oxygen atoms in total. The molecule has 1 amide bonds. The molecule has 1 saturated carbocycles. The van der Waals surface area contributed by atoms with Crippen LogP contribution >= 0.6 is 11.6 Å². The molecule has 263 valence electrons. The van der Waals surface area contributed by atoms with E-state index in [-0.39, 0.29) is 35.0 Å². The van der Waals surface area contributed by atoms with Crippen molar-refractivity contribution in [3.63, 3.8) is 0 Å². The summed E-state index contributed by atoms with van der Waals surface area (Å²) in [5, 5.41) is 8.14. The van der Waals surface area contributed by atoms with E-state index in [2.05, 4.69) is 108 Å². The number of pyridine rings is 1. The van der Waals surface area contributed by atoms with Crippen LogP contribution in [0, 0.1) is 5.92 Å². The van der Waals surface area contributed by atoms with Crippen LogP contribution in [0.2, 0.25) is 5.02 Å². The molecule has 7 rings (SSSR count). The summed E-state index contributed by atoms with van der Waals surface area (Å²) < 4.78 is 18.7. The van der Waals surface area contributed by atoms with Crippen molar-refractivity contribution in [3.05, 3.63) is 89.6 Å². The molecule has 3 aliphatic rings. The minimum atomic E-state index is -1.52. The maximum absolute atomic E-state index is 12.7. The third kappa shape index (κ3) is 7.22. The van der Waals surface area contributed by atoms with E-state index in [1.54, 1.807) is 13.3 Å². The largest absolute Gasteiger partial charge is 0.400 e. The van der Waals surface area contributed by atoms with E-state index in [0.29, 0.717) is 24.1 Å². The van der Waals surface area contributed by atoms with Gasteiger partial charge in [-0.3, -0.25) is 9.69 Å². The van der Waals surface area contributed by atoms with Gasteiger partial charge in [0.2, 0.25) is 5.91 Å². The Morgan fingerprint density at radius 3 is 2.36 bits per heavy atom. The van der Waals surface area contributed by atoms with Crippen LogP contribution in [-0.2, 0) is 24.1 Å². The van der Waals surface area contributed by atoms with Gasteiger partial charge in [-0.2, -0.15) is 0 Å². The molecule has 3 aromatic carbocycles. The lowest BCUT2D eigenvalue weighted by molar-refractivity contribution is -0.127. The van der Waals surface area contributed by atoms with E-state index >= 15 is 0 Å². The molecule has 4 aromatic rings. The summed E-state index contributed by atoms with van der Waals surface area (Å²) in [6.07, 6.45) is 3.39. The van der Waals surface area contributed by atoms with Crippen molar-refractivity contribution in [1.29, 1.82) is 0 Å². The number of nitrogens with zero attached hydrogens (tertiary/aromatic N) is 3. The second kappa shape index (κ2) is 14.4. The van der Waals surface area contributed by atoms with Crippen molar-refractivity contribution in [1.82, 2.24) is 9.88 Å². The third-order valence-electron chi connectivity index (χ3n) is 10.8. The Balaban J connectivity index is 1.04. The number of carbonyl (C=O) groups excluding carboxylic acids is 1. The van der Waals surface area contributed by atoms with Gasteiger partial charge in [0, 0.05) is 50.8 Å². The van der Waals surface area contributed by atoms with E-state index in [1.165, 1.54) is 15.9 Å². The van der Waals surface area contributed by atoms with Gasteiger partial charge >= 0.3 is 0 Å². The zero-order valence-corrected chi connectivity index (χ0v) is 31.5. The first-order valence-corrected chi connectivity index (χ1v) is 19.5. The van der Waals surface area contributed by atoms with E-state index in [0.717, 1.165) is 55.5 Å². The summed E-state index contributed by atoms with van der Waals surface area (Å²) in [6.45, 7) is 13.7. The fourth-order valence-corrected chi connectivity index (χ4v) is 9.85. The van der Waals surface area contributed by atoms with E-state index < -0.39 is 9.04 Å². The molecule has 3 heterocycles. The fraction of sp³-hybridized carbons (Fsp3) is 0.450. The summed E-state index contributed by atoms with van der Waals surface area (Å²) in [4.78, 5) is 22.1. The van der Waals surface area contributed by atoms with E-state index in [1.807, 2.05) is 12.1 Å². The van der Waals surface area contributed by atoms with Crippen LogP contribution < -0.4 is 20.6 Å². The number of hydrogen-bond donors (Lipinski definition) is 1. The maximum Gasteiger partial charge on any atom is 0.283 e. The zero-order chi connectivity index (χ0) is 35.0.